The molecule has 18 heteroatoms. The van der Waals surface area contributed by atoms with Crippen LogP contribution in [0.1, 0.15) is 44.1 Å². The molecule has 2 aliphatic heterocycles. The van der Waals surface area contributed by atoms with E-state index < -0.39 is 60.4 Å². The SMILES string of the molecule is O=C(CCOCCOCCN1C(=O)C=CC1=O)NCCC(=O)Nc1cc(COC(=O)C2C=CCCCC2)ccc1OC1O[C@H](C(=O)O)[C@@H](O)[C@H](O)[C@H]1O. The third-order valence-corrected chi connectivity index (χ3v) is 8.44. The van der Waals surface area contributed by atoms with E-state index in [1.165, 1.54) is 30.4 Å². The minimum atomic E-state index is -1.94. The van der Waals surface area contributed by atoms with Gasteiger partial charge in [-0.15, -0.1) is 0 Å². The van der Waals surface area contributed by atoms with Crippen molar-refractivity contribution in [1.29, 1.82) is 0 Å². The number of allylic oxidation sites excluding steroid dienone is 1. The fourth-order valence-corrected chi connectivity index (χ4v) is 5.49. The number of carbonyl (C=O) groups excluding carboxylic acids is 5. The number of nitrogens with zero attached hydrogens (tertiary/aromatic N) is 1. The summed E-state index contributed by atoms with van der Waals surface area (Å²) in [6, 6.07) is 4.33. The van der Waals surface area contributed by atoms with Gasteiger partial charge in [0.15, 0.2) is 6.10 Å². The number of carboxylic acid groups (broad SMARTS) is 1. The first-order valence-electron chi connectivity index (χ1n) is 17.3. The van der Waals surface area contributed by atoms with E-state index in [-0.39, 0.29) is 82.2 Å². The zero-order chi connectivity index (χ0) is 38.3. The molecule has 0 radical (unpaired) electrons. The van der Waals surface area contributed by atoms with Gasteiger partial charge in [-0.3, -0.25) is 28.9 Å². The standard InChI is InChI=1S/C35H45N3O15/c39-25(12-15-49-17-18-50-16-14-38-27(41)9-10-28(38)42)36-13-11-26(40)37-23-19-21(20-51-34(48)22-5-3-1-2-4-6-22)7-8-24(23)52-35-31(45)29(43)30(44)32(53-35)33(46)47/h3,5,7-10,19,22,29-32,35,43-45H,1-2,4,6,11-18,20H2,(H,36,39)(H,37,40)(H,46,47)/t22?,29-,30-,31+,32-,35?/m0/s1. The number of hydrogen-bond donors (Lipinski definition) is 6. The van der Waals surface area contributed by atoms with Gasteiger partial charge in [-0.25, -0.2) is 4.79 Å². The molecule has 53 heavy (non-hydrogen) atoms. The van der Waals surface area contributed by atoms with Gasteiger partial charge in [0.05, 0.1) is 44.6 Å². The number of nitrogens with one attached hydrogen (secondary N) is 2. The van der Waals surface area contributed by atoms with Crippen LogP contribution < -0.4 is 15.4 Å². The second kappa shape index (κ2) is 20.5. The van der Waals surface area contributed by atoms with Crippen molar-refractivity contribution in [2.45, 2.75) is 75.8 Å². The number of aliphatic hydroxyl groups excluding tert-OH is 3. The first-order chi connectivity index (χ1) is 25.4. The highest BCUT2D eigenvalue weighted by Crippen LogP contribution is 2.31. The minimum absolute atomic E-state index is 0.00106. The molecule has 18 nitrogen and oxygen atoms in total. The van der Waals surface area contributed by atoms with Crippen LogP contribution in [0.5, 0.6) is 5.75 Å². The zero-order valence-corrected chi connectivity index (χ0v) is 28.9. The Labute approximate surface area is 304 Å². The average molecular weight is 748 g/mol. The van der Waals surface area contributed by atoms with Gasteiger partial charge in [0, 0.05) is 31.5 Å². The topological polar surface area (TPSA) is 257 Å². The predicted molar refractivity (Wildman–Crippen MR) is 181 cm³/mol. The Morgan fingerprint density at radius 2 is 1.62 bits per heavy atom. The lowest BCUT2D eigenvalue weighted by Crippen LogP contribution is -2.61. The summed E-state index contributed by atoms with van der Waals surface area (Å²) in [6.45, 7) is 0.505. The molecule has 2 unspecified atom stereocenters. The van der Waals surface area contributed by atoms with E-state index in [2.05, 4.69) is 10.6 Å². The molecule has 0 saturated carbocycles. The van der Waals surface area contributed by atoms with Crippen LogP contribution in [0.25, 0.3) is 0 Å². The summed E-state index contributed by atoms with van der Waals surface area (Å²) in [7, 11) is 0. The molecular formula is C35H45N3O15. The number of carbonyl (C=O) groups is 6. The number of hydrogen-bond acceptors (Lipinski definition) is 14. The van der Waals surface area contributed by atoms with E-state index in [1.807, 2.05) is 12.2 Å². The molecule has 1 aromatic rings. The second-order valence-electron chi connectivity index (χ2n) is 12.4. The number of anilines is 1. The maximum absolute atomic E-state index is 12.9. The summed E-state index contributed by atoms with van der Waals surface area (Å²) in [5, 5.41) is 45.3. The third-order valence-electron chi connectivity index (χ3n) is 8.44. The molecule has 0 aromatic heterocycles. The highest BCUT2D eigenvalue weighted by Gasteiger charge is 2.48. The number of benzene rings is 1. The highest BCUT2D eigenvalue weighted by molar-refractivity contribution is 6.12. The van der Waals surface area contributed by atoms with Crippen LogP contribution in [0.2, 0.25) is 0 Å². The maximum Gasteiger partial charge on any atom is 0.335 e. The summed E-state index contributed by atoms with van der Waals surface area (Å²) >= 11 is 0. The number of carboxylic acids is 1. The molecule has 2 heterocycles. The Kier molecular flexibility index (Phi) is 15.9. The van der Waals surface area contributed by atoms with Crippen molar-refractivity contribution in [2.75, 3.05) is 44.8 Å². The largest absolute Gasteiger partial charge is 0.479 e. The van der Waals surface area contributed by atoms with E-state index in [1.54, 1.807) is 0 Å². The van der Waals surface area contributed by atoms with Crippen molar-refractivity contribution in [3.8, 4) is 5.75 Å². The van der Waals surface area contributed by atoms with Crippen LogP contribution in [0, 0.1) is 5.92 Å². The van der Waals surface area contributed by atoms with Crippen molar-refractivity contribution in [1.82, 2.24) is 10.2 Å². The van der Waals surface area contributed by atoms with E-state index in [0.29, 0.717) is 12.0 Å². The maximum atomic E-state index is 12.9. The molecule has 6 atom stereocenters. The van der Waals surface area contributed by atoms with E-state index in [9.17, 15) is 49.2 Å². The van der Waals surface area contributed by atoms with E-state index in [4.69, 9.17) is 23.7 Å². The Morgan fingerprint density at radius 3 is 2.36 bits per heavy atom. The fourth-order valence-electron chi connectivity index (χ4n) is 5.49. The summed E-state index contributed by atoms with van der Waals surface area (Å²) in [6.07, 6.45) is 0.0106. The molecule has 3 aliphatic rings. The summed E-state index contributed by atoms with van der Waals surface area (Å²) < 4.78 is 27.1. The Morgan fingerprint density at radius 1 is 0.887 bits per heavy atom. The van der Waals surface area contributed by atoms with Crippen molar-refractivity contribution in [3.63, 3.8) is 0 Å². The number of esters is 1. The number of ether oxygens (including phenoxy) is 5. The van der Waals surface area contributed by atoms with Crippen molar-refractivity contribution < 1.29 is 72.9 Å². The first kappa shape index (κ1) is 41.0. The predicted octanol–water partition coefficient (Wildman–Crippen LogP) is -0.460. The van der Waals surface area contributed by atoms with Crippen molar-refractivity contribution in [2.24, 2.45) is 5.92 Å². The molecule has 4 rings (SSSR count). The van der Waals surface area contributed by atoms with Gasteiger partial charge in [0.2, 0.25) is 18.1 Å². The van der Waals surface area contributed by atoms with Crippen LogP contribution in [0.4, 0.5) is 5.69 Å². The van der Waals surface area contributed by atoms with Gasteiger partial charge in [0.1, 0.15) is 30.7 Å². The smallest absolute Gasteiger partial charge is 0.335 e. The summed E-state index contributed by atoms with van der Waals surface area (Å²) in [5.74, 6) is -4.22. The van der Waals surface area contributed by atoms with Crippen LogP contribution in [-0.4, -0.2) is 131 Å². The molecule has 4 amide bonds. The number of imide groups is 1. The van der Waals surface area contributed by atoms with Gasteiger partial charge >= 0.3 is 11.9 Å². The average Bonchev–Trinajstić information content (AvgIpc) is 3.28. The lowest BCUT2D eigenvalue weighted by Gasteiger charge is -2.38. The van der Waals surface area contributed by atoms with Crippen LogP contribution in [-0.2, 0) is 54.3 Å². The van der Waals surface area contributed by atoms with Gasteiger partial charge in [-0.05, 0) is 37.0 Å². The normalized spacial score (nSPS) is 24.1. The summed E-state index contributed by atoms with van der Waals surface area (Å²) in [4.78, 5) is 73.5. The van der Waals surface area contributed by atoms with E-state index >= 15 is 0 Å². The first-order valence-corrected chi connectivity index (χ1v) is 17.3. The molecular weight excluding hydrogens is 702 g/mol. The van der Waals surface area contributed by atoms with Gasteiger partial charge in [-0.2, -0.15) is 0 Å². The van der Waals surface area contributed by atoms with Gasteiger partial charge < -0.3 is 54.7 Å². The van der Waals surface area contributed by atoms with Crippen LogP contribution in [0.15, 0.2) is 42.5 Å². The molecule has 1 fully saturated rings. The molecule has 1 saturated heterocycles. The number of rotatable bonds is 19. The molecule has 290 valence electrons. The van der Waals surface area contributed by atoms with Crippen molar-refractivity contribution >= 4 is 41.3 Å². The molecule has 0 bridgehead atoms. The Hall–Kier alpha value is -4.72. The number of aliphatic hydroxyl groups is 3. The Bertz CT molecular complexity index is 1510. The highest BCUT2D eigenvalue weighted by atomic mass is 16.7. The lowest BCUT2D eigenvalue weighted by molar-refractivity contribution is -0.271. The zero-order valence-electron chi connectivity index (χ0n) is 28.9. The van der Waals surface area contributed by atoms with Crippen LogP contribution in [0.3, 0.4) is 0 Å². The molecule has 6 N–H and O–H groups in total. The summed E-state index contributed by atoms with van der Waals surface area (Å²) in [5.41, 5.74) is 0.480. The van der Waals surface area contributed by atoms with Gasteiger partial charge in [0.25, 0.3) is 11.8 Å². The minimum Gasteiger partial charge on any atom is -0.479 e. The second-order valence-corrected chi connectivity index (χ2v) is 12.4. The van der Waals surface area contributed by atoms with Gasteiger partial charge in [-0.1, -0.05) is 24.6 Å². The van der Waals surface area contributed by atoms with E-state index in [0.717, 1.165) is 24.2 Å². The molecule has 1 aromatic carbocycles. The monoisotopic (exact) mass is 747 g/mol. The number of aliphatic carboxylic acids is 1. The Balaban J connectivity index is 1.25. The number of amides is 4. The third kappa shape index (κ3) is 12.4. The lowest BCUT2D eigenvalue weighted by atomic mass is 9.99. The van der Waals surface area contributed by atoms with Crippen LogP contribution >= 0.6 is 0 Å². The molecule has 1 aliphatic carbocycles. The fraction of sp³-hybridized carbons (Fsp3) is 0.543. The molecule has 0 spiro atoms. The quantitative estimate of drug-likeness (QED) is 0.0453. The van der Waals surface area contributed by atoms with Crippen molar-refractivity contribution in [3.05, 3.63) is 48.1 Å².